The lowest BCUT2D eigenvalue weighted by Gasteiger charge is -2.25. The summed E-state index contributed by atoms with van der Waals surface area (Å²) in [7, 11) is 0. The first-order valence-electron chi connectivity index (χ1n) is 9.28. The average Bonchev–Trinajstić information content (AvgIpc) is 3.36. The molecule has 27 heavy (non-hydrogen) atoms. The van der Waals surface area contributed by atoms with E-state index in [4.69, 9.17) is 0 Å². The Morgan fingerprint density at radius 1 is 1.19 bits per heavy atom. The number of likely N-dealkylation sites (tertiary alicyclic amines) is 1. The summed E-state index contributed by atoms with van der Waals surface area (Å²) in [4.78, 5) is 34.2. The van der Waals surface area contributed by atoms with Crippen LogP contribution in [0.3, 0.4) is 0 Å². The van der Waals surface area contributed by atoms with Gasteiger partial charge in [-0.05, 0) is 36.6 Å². The first-order valence-corrected chi connectivity index (χ1v) is 9.28. The topological polar surface area (TPSA) is 78.1 Å². The fraction of sp³-hybridized carbons (Fsp3) is 0.286. The SMILES string of the molecule is O=C(NCCC(=O)N1CCC[C@H]1c1ccncc1)c1c[nH]c2ccccc12. The number of aromatic amines is 1. The summed E-state index contributed by atoms with van der Waals surface area (Å²) in [6, 6.07) is 11.7. The van der Waals surface area contributed by atoms with Crippen LogP contribution in [0.15, 0.2) is 55.0 Å². The zero-order valence-electron chi connectivity index (χ0n) is 15.0. The second-order valence-electron chi connectivity index (χ2n) is 6.78. The molecule has 6 nitrogen and oxygen atoms in total. The number of para-hydroxylation sites is 1. The molecule has 1 fully saturated rings. The molecular formula is C21H22N4O2. The quantitative estimate of drug-likeness (QED) is 0.732. The summed E-state index contributed by atoms with van der Waals surface area (Å²) in [5.74, 6) is -0.0825. The predicted molar refractivity (Wildman–Crippen MR) is 103 cm³/mol. The van der Waals surface area contributed by atoms with Gasteiger partial charge in [-0.15, -0.1) is 0 Å². The summed E-state index contributed by atoms with van der Waals surface area (Å²) >= 11 is 0. The molecule has 3 aromatic rings. The number of nitrogens with one attached hydrogen (secondary N) is 2. The molecule has 1 aliphatic rings. The lowest BCUT2D eigenvalue weighted by atomic mass is 10.1. The minimum absolute atomic E-state index is 0.0774. The van der Waals surface area contributed by atoms with E-state index in [-0.39, 0.29) is 17.9 Å². The largest absolute Gasteiger partial charge is 0.360 e. The number of benzene rings is 1. The van der Waals surface area contributed by atoms with Gasteiger partial charge in [0.2, 0.25) is 5.91 Å². The van der Waals surface area contributed by atoms with Crippen LogP contribution in [0.1, 0.15) is 41.2 Å². The molecule has 0 unspecified atom stereocenters. The Morgan fingerprint density at radius 2 is 2.00 bits per heavy atom. The van der Waals surface area contributed by atoms with Crippen LogP contribution in [-0.2, 0) is 4.79 Å². The van der Waals surface area contributed by atoms with Crippen molar-refractivity contribution in [2.45, 2.75) is 25.3 Å². The van der Waals surface area contributed by atoms with Crippen molar-refractivity contribution in [1.82, 2.24) is 20.2 Å². The summed E-state index contributed by atoms with van der Waals surface area (Å²) in [6.07, 6.45) is 7.50. The number of H-pyrrole nitrogens is 1. The van der Waals surface area contributed by atoms with E-state index in [2.05, 4.69) is 15.3 Å². The van der Waals surface area contributed by atoms with Crippen molar-refractivity contribution in [3.8, 4) is 0 Å². The number of fused-ring (bicyclic) bond motifs is 1. The molecule has 3 heterocycles. The molecule has 4 rings (SSSR count). The van der Waals surface area contributed by atoms with Crippen LogP contribution < -0.4 is 5.32 Å². The number of pyridine rings is 1. The number of hydrogen-bond donors (Lipinski definition) is 2. The van der Waals surface area contributed by atoms with Gasteiger partial charge in [0.05, 0.1) is 11.6 Å². The summed E-state index contributed by atoms with van der Waals surface area (Å²) in [5.41, 5.74) is 2.66. The third-order valence-corrected chi connectivity index (χ3v) is 5.12. The van der Waals surface area contributed by atoms with Crippen molar-refractivity contribution in [1.29, 1.82) is 0 Å². The van der Waals surface area contributed by atoms with Crippen LogP contribution in [0.25, 0.3) is 10.9 Å². The normalized spacial score (nSPS) is 16.6. The van der Waals surface area contributed by atoms with E-state index in [0.717, 1.165) is 35.9 Å². The van der Waals surface area contributed by atoms with E-state index >= 15 is 0 Å². The fourth-order valence-corrected chi connectivity index (χ4v) is 3.78. The lowest BCUT2D eigenvalue weighted by Crippen LogP contribution is -2.34. The van der Waals surface area contributed by atoms with Gasteiger partial charge < -0.3 is 15.2 Å². The molecule has 2 amide bonds. The molecule has 0 spiro atoms. The van der Waals surface area contributed by atoms with Crippen molar-refractivity contribution in [3.63, 3.8) is 0 Å². The van der Waals surface area contributed by atoms with Gasteiger partial charge in [-0.25, -0.2) is 0 Å². The van der Waals surface area contributed by atoms with E-state index in [1.807, 2.05) is 41.3 Å². The molecule has 6 heteroatoms. The Balaban J connectivity index is 1.35. The summed E-state index contributed by atoms with van der Waals surface area (Å²) in [6.45, 7) is 1.10. The van der Waals surface area contributed by atoms with E-state index in [1.54, 1.807) is 18.6 Å². The molecule has 138 valence electrons. The Morgan fingerprint density at radius 3 is 2.85 bits per heavy atom. The Labute approximate surface area is 157 Å². The monoisotopic (exact) mass is 362 g/mol. The smallest absolute Gasteiger partial charge is 0.253 e. The standard InChI is InChI=1S/C21H22N4O2/c26-20(25-13-3-6-19(25)15-7-10-22-11-8-15)9-12-23-21(27)17-14-24-18-5-2-1-4-16(17)18/h1-2,4-5,7-8,10-11,14,19,24H,3,6,9,12-13H2,(H,23,27)/t19-/m0/s1. The Hall–Kier alpha value is -3.15. The zero-order valence-corrected chi connectivity index (χ0v) is 15.0. The minimum Gasteiger partial charge on any atom is -0.360 e. The molecule has 0 saturated carbocycles. The van der Waals surface area contributed by atoms with Crippen LogP contribution in [0.2, 0.25) is 0 Å². The highest BCUT2D eigenvalue weighted by atomic mass is 16.2. The highest BCUT2D eigenvalue weighted by Crippen LogP contribution is 2.31. The van der Waals surface area contributed by atoms with Crippen LogP contribution in [0, 0.1) is 0 Å². The zero-order chi connectivity index (χ0) is 18.6. The molecular weight excluding hydrogens is 340 g/mol. The lowest BCUT2D eigenvalue weighted by molar-refractivity contribution is -0.132. The van der Waals surface area contributed by atoms with Crippen LogP contribution in [0.4, 0.5) is 0 Å². The van der Waals surface area contributed by atoms with E-state index in [9.17, 15) is 9.59 Å². The first kappa shape index (κ1) is 17.3. The Kier molecular flexibility index (Phi) is 4.87. The highest BCUT2D eigenvalue weighted by molar-refractivity contribution is 6.06. The van der Waals surface area contributed by atoms with E-state index in [1.165, 1.54) is 0 Å². The number of carbonyl (C=O) groups excluding carboxylic acids is 2. The van der Waals surface area contributed by atoms with Gasteiger partial charge in [0.15, 0.2) is 0 Å². The average molecular weight is 362 g/mol. The summed E-state index contributed by atoms with van der Waals surface area (Å²) in [5, 5.41) is 3.76. The molecule has 2 aromatic heterocycles. The second kappa shape index (κ2) is 7.61. The second-order valence-corrected chi connectivity index (χ2v) is 6.78. The molecule has 1 saturated heterocycles. The number of rotatable bonds is 5. The van der Waals surface area contributed by atoms with Gasteiger partial charge in [0, 0.05) is 49.0 Å². The van der Waals surface area contributed by atoms with Crippen molar-refractivity contribution < 1.29 is 9.59 Å². The van der Waals surface area contributed by atoms with Gasteiger partial charge in [0.25, 0.3) is 5.91 Å². The van der Waals surface area contributed by atoms with Crippen molar-refractivity contribution in [2.75, 3.05) is 13.1 Å². The van der Waals surface area contributed by atoms with Gasteiger partial charge >= 0.3 is 0 Å². The van der Waals surface area contributed by atoms with Gasteiger partial charge in [-0.1, -0.05) is 18.2 Å². The summed E-state index contributed by atoms with van der Waals surface area (Å²) < 4.78 is 0. The van der Waals surface area contributed by atoms with E-state index in [0.29, 0.717) is 18.5 Å². The maximum Gasteiger partial charge on any atom is 0.253 e. The van der Waals surface area contributed by atoms with Gasteiger partial charge in [0.1, 0.15) is 0 Å². The number of hydrogen-bond acceptors (Lipinski definition) is 3. The van der Waals surface area contributed by atoms with Crippen molar-refractivity contribution in [3.05, 3.63) is 66.1 Å². The Bertz CT molecular complexity index is 951. The number of carbonyl (C=O) groups is 2. The molecule has 1 aliphatic heterocycles. The fourth-order valence-electron chi connectivity index (χ4n) is 3.78. The number of amides is 2. The number of nitrogens with zero attached hydrogens (tertiary/aromatic N) is 2. The molecule has 0 radical (unpaired) electrons. The van der Waals surface area contributed by atoms with Crippen molar-refractivity contribution >= 4 is 22.7 Å². The van der Waals surface area contributed by atoms with Crippen LogP contribution >= 0.6 is 0 Å². The number of aromatic nitrogens is 2. The van der Waals surface area contributed by atoms with Crippen LogP contribution in [0.5, 0.6) is 0 Å². The van der Waals surface area contributed by atoms with Crippen molar-refractivity contribution in [2.24, 2.45) is 0 Å². The molecule has 1 atom stereocenters. The van der Waals surface area contributed by atoms with Crippen LogP contribution in [-0.4, -0.2) is 39.8 Å². The van der Waals surface area contributed by atoms with E-state index < -0.39 is 0 Å². The predicted octanol–water partition coefficient (Wildman–Crippen LogP) is 3.05. The highest BCUT2D eigenvalue weighted by Gasteiger charge is 2.29. The maximum absolute atomic E-state index is 12.7. The molecule has 1 aromatic carbocycles. The maximum atomic E-state index is 12.7. The molecule has 0 bridgehead atoms. The minimum atomic E-state index is -0.160. The third-order valence-electron chi connectivity index (χ3n) is 5.12. The third kappa shape index (κ3) is 3.56. The van der Waals surface area contributed by atoms with Gasteiger partial charge in [-0.2, -0.15) is 0 Å². The molecule has 2 N–H and O–H groups in total. The first-order chi connectivity index (χ1) is 13.2. The van der Waals surface area contributed by atoms with Gasteiger partial charge in [-0.3, -0.25) is 14.6 Å². The molecule has 0 aliphatic carbocycles.